The van der Waals surface area contributed by atoms with Crippen LogP contribution in [0.25, 0.3) is 0 Å². The Labute approximate surface area is 114 Å². The second kappa shape index (κ2) is 6.18. The summed E-state index contributed by atoms with van der Waals surface area (Å²) in [7, 11) is 1.88. The van der Waals surface area contributed by atoms with Crippen LogP contribution in [0.15, 0.2) is 30.3 Å². The Morgan fingerprint density at radius 2 is 1.74 bits per heavy atom. The van der Waals surface area contributed by atoms with Gasteiger partial charge in [0.15, 0.2) is 0 Å². The maximum atomic E-state index is 4.55. The molecule has 0 atom stereocenters. The van der Waals surface area contributed by atoms with E-state index in [-0.39, 0.29) is 0 Å². The SMILES string of the molecule is CCc1nc(NC)c(C)c(NCc2ccccc2)n1. The number of hydrogen-bond donors (Lipinski definition) is 2. The Hall–Kier alpha value is -2.10. The first-order valence-corrected chi connectivity index (χ1v) is 6.57. The minimum Gasteiger partial charge on any atom is -0.373 e. The van der Waals surface area contributed by atoms with Crippen LogP contribution in [0, 0.1) is 6.92 Å². The molecule has 0 unspecified atom stereocenters. The largest absolute Gasteiger partial charge is 0.373 e. The van der Waals surface area contributed by atoms with E-state index in [4.69, 9.17) is 0 Å². The van der Waals surface area contributed by atoms with E-state index in [1.54, 1.807) is 0 Å². The fourth-order valence-corrected chi connectivity index (χ4v) is 1.92. The minimum atomic E-state index is 0.769. The van der Waals surface area contributed by atoms with Gasteiger partial charge in [-0.25, -0.2) is 9.97 Å². The van der Waals surface area contributed by atoms with Gasteiger partial charge in [0.05, 0.1) is 0 Å². The minimum absolute atomic E-state index is 0.769. The molecule has 19 heavy (non-hydrogen) atoms. The lowest BCUT2D eigenvalue weighted by Gasteiger charge is -2.13. The molecule has 2 aromatic rings. The Morgan fingerprint density at radius 1 is 1.05 bits per heavy atom. The van der Waals surface area contributed by atoms with E-state index < -0.39 is 0 Å². The molecule has 0 aliphatic rings. The fraction of sp³-hybridized carbons (Fsp3) is 0.333. The molecule has 2 rings (SSSR count). The van der Waals surface area contributed by atoms with Gasteiger partial charge in [-0.05, 0) is 12.5 Å². The third kappa shape index (κ3) is 3.22. The van der Waals surface area contributed by atoms with Crippen molar-refractivity contribution in [3.05, 3.63) is 47.3 Å². The summed E-state index contributed by atoms with van der Waals surface area (Å²) in [6, 6.07) is 10.3. The van der Waals surface area contributed by atoms with Gasteiger partial charge in [0.2, 0.25) is 0 Å². The molecule has 0 aliphatic carbocycles. The maximum Gasteiger partial charge on any atom is 0.135 e. The zero-order valence-corrected chi connectivity index (χ0v) is 11.7. The van der Waals surface area contributed by atoms with Gasteiger partial charge >= 0.3 is 0 Å². The summed E-state index contributed by atoms with van der Waals surface area (Å²) in [5.41, 5.74) is 2.29. The molecule has 1 heterocycles. The topological polar surface area (TPSA) is 49.8 Å². The van der Waals surface area contributed by atoms with Gasteiger partial charge in [-0.3, -0.25) is 0 Å². The first kappa shape index (κ1) is 13.3. The number of hydrogen-bond acceptors (Lipinski definition) is 4. The van der Waals surface area contributed by atoms with Crippen LogP contribution in [-0.4, -0.2) is 17.0 Å². The molecule has 0 saturated carbocycles. The van der Waals surface area contributed by atoms with Crippen LogP contribution in [0.1, 0.15) is 23.9 Å². The predicted molar refractivity (Wildman–Crippen MR) is 79.5 cm³/mol. The molecule has 2 N–H and O–H groups in total. The Balaban J connectivity index is 2.19. The van der Waals surface area contributed by atoms with Crippen molar-refractivity contribution in [3.8, 4) is 0 Å². The third-order valence-corrected chi connectivity index (χ3v) is 3.05. The maximum absolute atomic E-state index is 4.55. The quantitative estimate of drug-likeness (QED) is 0.863. The van der Waals surface area contributed by atoms with Crippen LogP contribution in [0.4, 0.5) is 11.6 Å². The Bertz CT molecular complexity index is 537. The number of aromatic nitrogens is 2. The van der Waals surface area contributed by atoms with Gasteiger partial charge in [0.25, 0.3) is 0 Å². The lowest BCUT2D eigenvalue weighted by atomic mass is 10.2. The zero-order chi connectivity index (χ0) is 13.7. The fourth-order valence-electron chi connectivity index (χ4n) is 1.92. The van der Waals surface area contributed by atoms with E-state index in [1.165, 1.54) is 5.56 Å². The van der Waals surface area contributed by atoms with Crippen molar-refractivity contribution in [2.75, 3.05) is 17.7 Å². The monoisotopic (exact) mass is 256 g/mol. The second-order valence-corrected chi connectivity index (χ2v) is 4.40. The van der Waals surface area contributed by atoms with Crippen molar-refractivity contribution in [1.29, 1.82) is 0 Å². The molecule has 4 heteroatoms. The van der Waals surface area contributed by atoms with Crippen molar-refractivity contribution in [3.63, 3.8) is 0 Å². The van der Waals surface area contributed by atoms with E-state index in [9.17, 15) is 0 Å². The number of nitrogens with zero attached hydrogens (tertiary/aromatic N) is 2. The molecule has 0 radical (unpaired) electrons. The molecule has 4 nitrogen and oxygen atoms in total. The number of rotatable bonds is 5. The summed E-state index contributed by atoms with van der Waals surface area (Å²) >= 11 is 0. The van der Waals surface area contributed by atoms with Crippen LogP contribution in [0.3, 0.4) is 0 Å². The molecule has 100 valence electrons. The van der Waals surface area contributed by atoms with E-state index >= 15 is 0 Å². The van der Waals surface area contributed by atoms with Crippen LogP contribution in [0.5, 0.6) is 0 Å². The van der Waals surface area contributed by atoms with Crippen molar-refractivity contribution in [1.82, 2.24) is 9.97 Å². The number of aryl methyl sites for hydroxylation is 1. The molecule has 0 fully saturated rings. The van der Waals surface area contributed by atoms with Gasteiger partial charge in [0.1, 0.15) is 17.5 Å². The number of benzene rings is 1. The van der Waals surface area contributed by atoms with E-state index in [1.807, 2.05) is 32.2 Å². The third-order valence-electron chi connectivity index (χ3n) is 3.05. The van der Waals surface area contributed by atoms with E-state index in [0.29, 0.717) is 0 Å². The molecule has 1 aromatic carbocycles. The predicted octanol–water partition coefficient (Wildman–Crippen LogP) is 3.00. The van der Waals surface area contributed by atoms with E-state index in [0.717, 1.165) is 36.0 Å². The molecule has 0 amide bonds. The lowest BCUT2D eigenvalue weighted by Crippen LogP contribution is -2.09. The number of nitrogens with one attached hydrogen (secondary N) is 2. The molecular formula is C15H20N4. The van der Waals surface area contributed by atoms with Crippen LogP contribution >= 0.6 is 0 Å². The first-order valence-electron chi connectivity index (χ1n) is 6.57. The smallest absolute Gasteiger partial charge is 0.135 e. The zero-order valence-electron chi connectivity index (χ0n) is 11.7. The normalized spacial score (nSPS) is 10.3. The average Bonchev–Trinajstić information content (AvgIpc) is 2.47. The van der Waals surface area contributed by atoms with Gasteiger partial charge in [0, 0.05) is 25.6 Å². The van der Waals surface area contributed by atoms with Crippen molar-refractivity contribution >= 4 is 11.6 Å². The Morgan fingerprint density at radius 3 is 2.37 bits per heavy atom. The van der Waals surface area contributed by atoms with Gasteiger partial charge in [-0.1, -0.05) is 37.3 Å². The highest BCUT2D eigenvalue weighted by Crippen LogP contribution is 2.20. The highest BCUT2D eigenvalue weighted by molar-refractivity contribution is 5.57. The van der Waals surface area contributed by atoms with Gasteiger partial charge in [-0.15, -0.1) is 0 Å². The van der Waals surface area contributed by atoms with Gasteiger partial charge in [-0.2, -0.15) is 0 Å². The lowest BCUT2D eigenvalue weighted by molar-refractivity contribution is 0.924. The molecule has 0 spiro atoms. The molecule has 0 aliphatic heterocycles. The highest BCUT2D eigenvalue weighted by atomic mass is 15.1. The summed E-state index contributed by atoms with van der Waals surface area (Å²) in [5.74, 6) is 2.65. The molecule has 1 aromatic heterocycles. The molecule has 0 saturated heterocycles. The molecular weight excluding hydrogens is 236 g/mol. The second-order valence-electron chi connectivity index (χ2n) is 4.40. The Kier molecular flexibility index (Phi) is 4.34. The van der Waals surface area contributed by atoms with Crippen molar-refractivity contribution in [2.24, 2.45) is 0 Å². The van der Waals surface area contributed by atoms with Crippen LogP contribution < -0.4 is 10.6 Å². The highest BCUT2D eigenvalue weighted by Gasteiger charge is 2.08. The summed E-state index contributed by atoms with van der Waals surface area (Å²) in [6.07, 6.45) is 0.828. The summed E-state index contributed by atoms with van der Waals surface area (Å²) in [6.45, 7) is 4.86. The standard InChI is InChI=1S/C15H20N4/c1-4-13-18-14(16-3)11(2)15(19-13)17-10-12-8-6-5-7-9-12/h5-9H,4,10H2,1-3H3,(H2,16,17,18,19). The van der Waals surface area contributed by atoms with Crippen LogP contribution in [-0.2, 0) is 13.0 Å². The summed E-state index contributed by atoms with van der Waals surface area (Å²) in [4.78, 5) is 9.01. The first-order chi connectivity index (χ1) is 9.24. The number of anilines is 2. The summed E-state index contributed by atoms with van der Waals surface area (Å²) < 4.78 is 0. The molecule has 0 bridgehead atoms. The van der Waals surface area contributed by atoms with Crippen LogP contribution in [0.2, 0.25) is 0 Å². The van der Waals surface area contributed by atoms with Gasteiger partial charge < -0.3 is 10.6 Å². The summed E-state index contributed by atoms with van der Waals surface area (Å²) in [5, 5.41) is 6.50. The van der Waals surface area contributed by atoms with Crippen molar-refractivity contribution < 1.29 is 0 Å². The van der Waals surface area contributed by atoms with Crippen molar-refractivity contribution in [2.45, 2.75) is 26.8 Å². The van der Waals surface area contributed by atoms with E-state index in [2.05, 4.69) is 39.7 Å². The average molecular weight is 256 g/mol.